The monoisotopic (exact) mass is 320 g/mol. The molecule has 2 atom stereocenters. The zero-order valence-corrected chi connectivity index (χ0v) is 14.5. The van der Waals surface area contributed by atoms with E-state index in [1.54, 1.807) is 0 Å². The van der Waals surface area contributed by atoms with Crippen LogP contribution in [0, 0.1) is 19.8 Å². The van der Waals surface area contributed by atoms with Crippen molar-refractivity contribution in [1.82, 2.24) is 20.3 Å². The Balaban J connectivity index is 1.63. The lowest BCUT2D eigenvalue weighted by molar-refractivity contribution is -0.141. The standard InChI is InChI=1S/C17H28N4O2/c1-12-15(13(2)23-19-12)11-20-8-6-16-14(10-20)4-5-17(22)21(16)9-7-18-3/h14,16,18H,4-11H2,1-3H3/t14-,16+/m0/s1. The third-order valence-corrected chi connectivity index (χ3v) is 5.39. The van der Waals surface area contributed by atoms with Crippen LogP contribution in [0.25, 0.3) is 0 Å². The molecule has 1 N–H and O–H groups in total. The van der Waals surface area contributed by atoms with Gasteiger partial charge < -0.3 is 14.7 Å². The van der Waals surface area contributed by atoms with Crippen LogP contribution in [0.4, 0.5) is 0 Å². The molecule has 128 valence electrons. The van der Waals surface area contributed by atoms with E-state index in [1.807, 2.05) is 20.9 Å². The molecule has 1 amide bonds. The summed E-state index contributed by atoms with van der Waals surface area (Å²) in [5.74, 6) is 1.86. The zero-order valence-electron chi connectivity index (χ0n) is 14.5. The fraction of sp³-hybridized carbons (Fsp3) is 0.765. The van der Waals surface area contributed by atoms with E-state index in [4.69, 9.17) is 4.52 Å². The summed E-state index contributed by atoms with van der Waals surface area (Å²) < 4.78 is 5.28. The molecule has 2 aliphatic rings. The van der Waals surface area contributed by atoms with Crippen molar-refractivity contribution in [2.45, 2.75) is 45.7 Å². The lowest BCUT2D eigenvalue weighted by Crippen LogP contribution is -2.56. The SMILES string of the molecule is CNCCN1C(=O)CC[C@H]2CN(Cc3c(C)noc3C)CC[C@H]21. The van der Waals surface area contributed by atoms with Crippen molar-refractivity contribution >= 4 is 5.91 Å². The number of amides is 1. The van der Waals surface area contributed by atoms with Gasteiger partial charge >= 0.3 is 0 Å². The third kappa shape index (κ3) is 3.43. The van der Waals surface area contributed by atoms with Gasteiger partial charge in [-0.3, -0.25) is 9.69 Å². The van der Waals surface area contributed by atoms with Crippen LogP contribution in [0.5, 0.6) is 0 Å². The van der Waals surface area contributed by atoms with Gasteiger partial charge in [0.15, 0.2) is 0 Å². The highest BCUT2D eigenvalue weighted by atomic mass is 16.5. The van der Waals surface area contributed by atoms with Crippen molar-refractivity contribution in [3.8, 4) is 0 Å². The van der Waals surface area contributed by atoms with Crippen LogP contribution in [-0.2, 0) is 11.3 Å². The minimum Gasteiger partial charge on any atom is -0.361 e. The summed E-state index contributed by atoms with van der Waals surface area (Å²) in [6, 6.07) is 0.422. The topological polar surface area (TPSA) is 61.6 Å². The van der Waals surface area contributed by atoms with Gasteiger partial charge in [-0.25, -0.2) is 0 Å². The number of fused-ring (bicyclic) bond motifs is 1. The van der Waals surface area contributed by atoms with Gasteiger partial charge in [0.25, 0.3) is 0 Å². The Morgan fingerprint density at radius 1 is 1.35 bits per heavy atom. The van der Waals surface area contributed by atoms with Gasteiger partial charge in [0, 0.05) is 50.7 Å². The van der Waals surface area contributed by atoms with Crippen LogP contribution < -0.4 is 5.32 Å². The third-order valence-electron chi connectivity index (χ3n) is 5.39. The summed E-state index contributed by atoms with van der Waals surface area (Å²) in [6.07, 6.45) is 2.80. The number of likely N-dealkylation sites (N-methyl/N-ethyl adjacent to an activating group) is 1. The molecular weight excluding hydrogens is 292 g/mol. The molecule has 2 fully saturated rings. The lowest BCUT2D eigenvalue weighted by atomic mass is 9.83. The number of hydrogen-bond acceptors (Lipinski definition) is 5. The average molecular weight is 320 g/mol. The van der Waals surface area contributed by atoms with Crippen molar-refractivity contribution in [1.29, 1.82) is 0 Å². The Labute approximate surface area is 138 Å². The first-order chi connectivity index (χ1) is 11.1. The summed E-state index contributed by atoms with van der Waals surface area (Å²) in [6.45, 7) is 8.72. The van der Waals surface area contributed by atoms with Crippen LogP contribution in [0.15, 0.2) is 4.52 Å². The number of piperidine rings is 2. The molecule has 0 aromatic carbocycles. The molecule has 0 unspecified atom stereocenters. The molecule has 6 nitrogen and oxygen atoms in total. The first-order valence-corrected chi connectivity index (χ1v) is 8.68. The fourth-order valence-corrected chi connectivity index (χ4v) is 4.04. The molecule has 0 bridgehead atoms. The largest absolute Gasteiger partial charge is 0.361 e. The number of likely N-dealkylation sites (tertiary alicyclic amines) is 2. The first-order valence-electron chi connectivity index (χ1n) is 8.68. The Morgan fingerprint density at radius 3 is 2.87 bits per heavy atom. The quantitative estimate of drug-likeness (QED) is 0.887. The second kappa shape index (κ2) is 7.01. The Morgan fingerprint density at radius 2 is 2.17 bits per heavy atom. The first kappa shape index (κ1) is 16.5. The lowest BCUT2D eigenvalue weighted by Gasteiger charge is -2.47. The van der Waals surface area contributed by atoms with E-state index in [0.717, 1.165) is 57.0 Å². The number of rotatable bonds is 5. The number of nitrogens with one attached hydrogen (secondary N) is 1. The average Bonchev–Trinajstić information content (AvgIpc) is 2.86. The number of carbonyl (C=O) groups is 1. The van der Waals surface area contributed by atoms with Gasteiger partial charge in [0.05, 0.1) is 5.69 Å². The number of aromatic nitrogens is 1. The van der Waals surface area contributed by atoms with E-state index in [2.05, 4.69) is 20.3 Å². The van der Waals surface area contributed by atoms with Gasteiger partial charge in [-0.2, -0.15) is 0 Å². The van der Waals surface area contributed by atoms with Crippen molar-refractivity contribution in [3.05, 3.63) is 17.0 Å². The van der Waals surface area contributed by atoms with E-state index < -0.39 is 0 Å². The van der Waals surface area contributed by atoms with E-state index in [9.17, 15) is 4.79 Å². The van der Waals surface area contributed by atoms with Crippen LogP contribution in [0.3, 0.4) is 0 Å². The predicted molar refractivity (Wildman–Crippen MR) is 88.0 cm³/mol. The van der Waals surface area contributed by atoms with Gasteiger partial charge in [-0.15, -0.1) is 0 Å². The van der Waals surface area contributed by atoms with Crippen LogP contribution in [0.2, 0.25) is 0 Å². The highest BCUT2D eigenvalue weighted by Crippen LogP contribution is 2.32. The summed E-state index contributed by atoms with van der Waals surface area (Å²) in [7, 11) is 1.94. The van der Waals surface area contributed by atoms with E-state index in [1.165, 1.54) is 5.56 Å². The predicted octanol–water partition coefficient (Wildman–Crippen LogP) is 1.32. The molecule has 0 aliphatic carbocycles. The molecule has 1 aromatic heterocycles. The Bertz CT molecular complexity index is 537. The molecule has 6 heteroatoms. The smallest absolute Gasteiger partial charge is 0.222 e. The number of carbonyl (C=O) groups excluding carboxylic acids is 1. The fourth-order valence-electron chi connectivity index (χ4n) is 4.04. The van der Waals surface area contributed by atoms with Gasteiger partial charge in [-0.1, -0.05) is 5.16 Å². The molecule has 2 aliphatic heterocycles. The zero-order chi connectivity index (χ0) is 16.4. The minimum atomic E-state index is 0.334. The Kier molecular flexibility index (Phi) is 5.02. The maximum absolute atomic E-state index is 12.2. The normalized spacial score (nSPS) is 25.7. The maximum atomic E-state index is 12.2. The van der Waals surface area contributed by atoms with E-state index >= 15 is 0 Å². The molecule has 0 radical (unpaired) electrons. The molecule has 0 spiro atoms. The number of nitrogens with zero attached hydrogens (tertiary/aromatic N) is 3. The highest BCUT2D eigenvalue weighted by molar-refractivity contribution is 5.77. The van der Waals surface area contributed by atoms with Gasteiger partial charge in [0.2, 0.25) is 5.91 Å². The number of aryl methyl sites for hydroxylation is 2. The van der Waals surface area contributed by atoms with Gasteiger partial charge in [-0.05, 0) is 39.7 Å². The summed E-state index contributed by atoms with van der Waals surface area (Å²) >= 11 is 0. The molecule has 2 saturated heterocycles. The second-order valence-corrected chi connectivity index (χ2v) is 6.88. The summed E-state index contributed by atoms with van der Waals surface area (Å²) in [5, 5.41) is 7.22. The molecular formula is C17H28N4O2. The van der Waals surface area contributed by atoms with Crippen LogP contribution in [0.1, 0.15) is 36.3 Å². The van der Waals surface area contributed by atoms with Crippen molar-refractivity contribution < 1.29 is 9.32 Å². The highest BCUT2D eigenvalue weighted by Gasteiger charge is 2.39. The van der Waals surface area contributed by atoms with Gasteiger partial charge in [0.1, 0.15) is 5.76 Å². The molecule has 3 rings (SSSR count). The van der Waals surface area contributed by atoms with Crippen LogP contribution in [-0.4, -0.2) is 60.1 Å². The molecule has 3 heterocycles. The summed E-state index contributed by atoms with van der Waals surface area (Å²) in [4.78, 5) is 16.9. The molecule has 23 heavy (non-hydrogen) atoms. The van der Waals surface area contributed by atoms with Crippen molar-refractivity contribution in [2.75, 3.05) is 33.2 Å². The van der Waals surface area contributed by atoms with Crippen molar-refractivity contribution in [2.24, 2.45) is 5.92 Å². The second-order valence-electron chi connectivity index (χ2n) is 6.88. The van der Waals surface area contributed by atoms with E-state index in [-0.39, 0.29) is 0 Å². The molecule has 0 saturated carbocycles. The maximum Gasteiger partial charge on any atom is 0.222 e. The number of hydrogen-bond donors (Lipinski definition) is 1. The van der Waals surface area contributed by atoms with E-state index in [0.29, 0.717) is 24.3 Å². The summed E-state index contributed by atoms with van der Waals surface area (Å²) in [5.41, 5.74) is 2.22. The Hall–Kier alpha value is -1.40. The molecule has 1 aromatic rings. The van der Waals surface area contributed by atoms with Crippen molar-refractivity contribution in [3.63, 3.8) is 0 Å². The minimum absolute atomic E-state index is 0.334. The van der Waals surface area contributed by atoms with Crippen LogP contribution >= 0.6 is 0 Å².